The highest BCUT2D eigenvalue weighted by Crippen LogP contribution is 2.23. The van der Waals surface area contributed by atoms with Crippen molar-refractivity contribution in [1.82, 2.24) is 0 Å². The fourth-order valence-corrected chi connectivity index (χ4v) is 1.92. The molecule has 0 spiro atoms. The van der Waals surface area contributed by atoms with Gasteiger partial charge in [-0.05, 0) is 42.0 Å². The Morgan fingerprint density at radius 2 is 1.67 bits per heavy atom. The normalized spacial score (nSPS) is 10.6. The molecule has 15 heavy (non-hydrogen) atoms. The Hall–Kier alpha value is -1.06. The number of anilines is 1. The molecule has 0 aromatic heterocycles. The topological polar surface area (TPSA) is 66.5 Å². The first-order chi connectivity index (χ1) is 7.24. The number of hydrogen-bond donors (Lipinski definition) is 3. The Balaban J connectivity index is 3.17. The molecule has 0 fully saturated rings. The van der Waals surface area contributed by atoms with Crippen LogP contribution in [-0.4, -0.2) is 23.4 Å². The van der Waals surface area contributed by atoms with Crippen molar-refractivity contribution < 1.29 is 10.2 Å². The van der Waals surface area contributed by atoms with E-state index < -0.39 is 0 Å². The molecule has 0 saturated carbocycles. The third-order valence-corrected chi connectivity index (χ3v) is 2.67. The lowest BCUT2D eigenvalue weighted by atomic mass is 9.94. The van der Waals surface area contributed by atoms with Crippen molar-refractivity contribution >= 4 is 5.69 Å². The van der Waals surface area contributed by atoms with E-state index in [0.717, 1.165) is 17.5 Å². The Kier molecular flexibility index (Phi) is 4.59. The van der Waals surface area contributed by atoms with Crippen molar-refractivity contribution in [2.75, 3.05) is 18.9 Å². The SMILES string of the molecule is CCc1ccc(N)c(CCO)c1CCO. The zero-order valence-electron chi connectivity index (χ0n) is 9.16. The van der Waals surface area contributed by atoms with Crippen molar-refractivity contribution in [3.8, 4) is 0 Å². The van der Waals surface area contributed by atoms with E-state index in [1.165, 1.54) is 5.56 Å². The van der Waals surface area contributed by atoms with Gasteiger partial charge in [0.1, 0.15) is 0 Å². The summed E-state index contributed by atoms with van der Waals surface area (Å²) in [4.78, 5) is 0. The lowest BCUT2D eigenvalue weighted by Gasteiger charge is -2.15. The van der Waals surface area contributed by atoms with Crippen LogP contribution in [0.2, 0.25) is 0 Å². The van der Waals surface area contributed by atoms with Gasteiger partial charge in [-0.3, -0.25) is 0 Å². The summed E-state index contributed by atoms with van der Waals surface area (Å²) in [6.45, 7) is 2.29. The number of aliphatic hydroxyl groups is 2. The largest absolute Gasteiger partial charge is 0.398 e. The monoisotopic (exact) mass is 209 g/mol. The first-order valence-corrected chi connectivity index (χ1v) is 5.35. The summed E-state index contributed by atoms with van der Waals surface area (Å²) in [7, 11) is 0. The summed E-state index contributed by atoms with van der Waals surface area (Å²) in [5.74, 6) is 0. The molecule has 1 rings (SSSR count). The van der Waals surface area contributed by atoms with E-state index >= 15 is 0 Å². The zero-order chi connectivity index (χ0) is 11.3. The first-order valence-electron chi connectivity index (χ1n) is 5.35. The molecule has 3 nitrogen and oxygen atoms in total. The summed E-state index contributed by atoms with van der Waals surface area (Å²) in [6.07, 6.45) is 2.10. The van der Waals surface area contributed by atoms with E-state index in [1.54, 1.807) is 0 Å². The Morgan fingerprint density at radius 3 is 2.20 bits per heavy atom. The van der Waals surface area contributed by atoms with E-state index in [9.17, 15) is 0 Å². The van der Waals surface area contributed by atoms with Gasteiger partial charge in [-0.1, -0.05) is 13.0 Å². The zero-order valence-corrected chi connectivity index (χ0v) is 9.16. The molecule has 0 amide bonds. The minimum Gasteiger partial charge on any atom is -0.398 e. The van der Waals surface area contributed by atoms with Gasteiger partial charge in [0.15, 0.2) is 0 Å². The molecule has 0 heterocycles. The number of rotatable bonds is 5. The van der Waals surface area contributed by atoms with Crippen molar-refractivity contribution in [3.05, 3.63) is 28.8 Å². The highest BCUT2D eigenvalue weighted by Gasteiger charge is 2.09. The van der Waals surface area contributed by atoms with Gasteiger partial charge in [0, 0.05) is 18.9 Å². The molecule has 84 valence electrons. The van der Waals surface area contributed by atoms with E-state index in [1.807, 2.05) is 12.1 Å². The van der Waals surface area contributed by atoms with E-state index in [-0.39, 0.29) is 13.2 Å². The first kappa shape index (κ1) is 12.0. The molecule has 0 aliphatic heterocycles. The molecule has 0 aliphatic carbocycles. The number of nitrogen functional groups attached to an aromatic ring is 1. The second kappa shape index (κ2) is 5.73. The van der Waals surface area contributed by atoms with Crippen LogP contribution < -0.4 is 5.73 Å². The summed E-state index contributed by atoms with van der Waals surface area (Å²) < 4.78 is 0. The van der Waals surface area contributed by atoms with Gasteiger partial charge in [-0.25, -0.2) is 0 Å². The second-order valence-corrected chi connectivity index (χ2v) is 3.57. The van der Waals surface area contributed by atoms with Gasteiger partial charge in [0.05, 0.1) is 0 Å². The maximum absolute atomic E-state index is 9.02. The lowest BCUT2D eigenvalue weighted by molar-refractivity contribution is 0.293. The quantitative estimate of drug-likeness (QED) is 0.631. The predicted molar refractivity (Wildman–Crippen MR) is 61.8 cm³/mol. The summed E-state index contributed by atoms with van der Waals surface area (Å²) >= 11 is 0. The Bertz CT molecular complexity index is 324. The average molecular weight is 209 g/mol. The van der Waals surface area contributed by atoms with Gasteiger partial charge in [-0.2, -0.15) is 0 Å². The molecular formula is C12H19NO2. The molecule has 1 aromatic rings. The number of hydrogen-bond acceptors (Lipinski definition) is 3. The molecule has 0 unspecified atom stereocenters. The van der Waals surface area contributed by atoms with Crippen molar-refractivity contribution in [2.45, 2.75) is 26.2 Å². The highest BCUT2D eigenvalue weighted by molar-refractivity contribution is 5.54. The van der Waals surface area contributed by atoms with Crippen molar-refractivity contribution in [3.63, 3.8) is 0 Å². The average Bonchev–Trinajstić information content (AvgIpc) is 2.24. The van der Waals surface area contributed by atoms with E-state index in [4.69, 9.17) is 15.9 Å². The van der Waals surface area contributed by atoms with Crippen LogP contribution in [0.3, 0.4) is 0 Å². The number of nitrogens with two attached hydrogens (primary N) is 1. The molecule has 0 bridgehead atoms. The maximum Gasteiger partial charge on any atom is 0.0472 e. The molecule has 0 radical (unpaired) electrons. The molecule has 4 N–H and O–H groups in total. The fraction of sp³-hybridized carbons (Fsp3) is 0.500. The van der Waals surface area contributed by atoms with Crippen LogP contribution in [0.15, 0.2) is 12.1 Å². The fourth-order valence-electron chi connectivity index (χ4n) is 1.92. The number of aryl methyl sites for hydroxylation is 1. The third-order valence-electron chi connectivity index (χ3n) is 2.67. The van der Waals surface area contributed by atoms with E-state index in [2.05, 4.69) is 6.92 Å². The highest BCUT2D eigenvalue weighted by atomic mass is 16.3. The Labute approximate surface area is 90.5 Å². The van der Waals surface area contributed by atoms with Crippen LogP contribution in [0.5, 0.6) is 0 Å². The van der Waals surface area contributed by atoms with Gasteiger partial charge >= 0.3 is 0 Å². The van der Waals surface area contributed by atoms with Gasteiger partial charge < -0.3 is 15.9 Å². The molecular weight excluding hydrogens is 190 g/mol. The standard InChI is InChI=1S/C12H19NO2/c1-2-9-3-4-12(13)11(6-8-15)10(9)5-7-14/h3-4,14-15H,2,5-8,13H2,1H3. The maximum atomic E-state index is 9.02. The molecule has 0 aliphatic rings. The molecule has 3 heteroatoms. The third kappa shape index (κ3) is 2.70. The Morgan fingerprint density at radius 1 is 1.07 bits per heavy atom. The number of benzene rings is 1. The van der Waals surface area contributed by atoms with E-state index in [0.29, 0.717) is 18.5 Å². The molecule has 0 saturated heterocycles. The lowest BCUT2D eigenvalue weighted by Crippen LogP contribution is -2.07. The van der Waals surface area contributed by atoms with Crippen LogP contribution >= 0.6 is 0 Å². The second-order valence-electron chi connectivity index (χ2n) is 3.57. The van der Waals surface area contributed by atoms with Crippen LogP contribution in [0.1, 0.15) is 23.6 Å². The van der Waals surface area contributed by atoms with Gasteiger partial charge in [0.25, 0.3) is 0 Å². The van der Waals surface area contributed by atoms with Crippen molar-refractivity contribution in [1.29, 1.82) is 0 Å². The molecule has 0 atom stereocenters. The summed E-state index contributed by atoms with van der Waals surface area (Å²) in [6, 6.07) is 3.88. The number of aliphatic hydroxyl groups excluding tert-OH is 2. The van der Waals surface area contributed by atoms with Crippen LogP contribution in [-0.2, 0) is 19.3 Å². The minimum absolute atomic E-state index is 0.0931. The van der Waals surface area contributed by atoms with Gasteiger partial charge in [-0.15, -0.1) is 0 Å². The smallest absolute Gasteiger partial charge is 0.0472 e. The minimum atomic E-state index is 0.0931. The molecule has 1 aromatic carbocycles. The van der Waals surface area contributed by atoms with Crippen LogP contribution in [0, 0.1) is 0 Å². The predicted octanol–water partition coefficient (Wildman–Crippen LogP) is 0.901. The van der Waals surface area contributed by atoms with Crippen LogP contribution in [0.25, 0.3) is 0 Å². The van der Waals surface area contributed by atoms with Gasteiger partial charge in [0.2, 0.25) is 0 Å². The summed E-state index contributed by atoms with van der Waals surface area (Å²) in [5, 5.41) is 18.0. The van der Waals surface area contributed by atoms with Crippen LogP contribution in [0.4, 0.5) is 5.69 Å². The van der Waals surface area contributed by atoms with Crippen molar-refractivity contribution in [2.24, 2.45) is 0 Å². The summed E-state index contributed by atoms with van der Waals surface area (Å²) in [5.41, 5.74) is 9.89.